The number of urea groups is 1. The van der Waals surface area contributed by atoms with Gasteiger partial charge in [0.2, 0.25) is 0 Å². The summed E-state index contributed by atoms with van der Waals surface area (Å²) in [5.74, 6) is 1.11. The average Bonchev–Trinajstić information content (AvgIpc) is 3.76. The van der Waals surface area contributed by atoms with Crippen LogP contribution in [0.15, 0.2) is 53.4 Å². The molecule has 2 aliphatic rings. The van der Waals surface area contributed by atoms with Crippen molar-refractivity contribution in [1.82, 2.24) is 15.3 Å². The molecule has 0 unspecified atom stereocenters. The van der Waals surface area contributed by atoms with Crippen molar-refractivity contribution >= 4 is 39.7 Å². The second-order valence-electron chi connectivity index (χ2n) is 9.91. The van der Waals surface area contributed by atoms with Gasteiger partial charge in [-0.25, -0.2) is 14.8 Å². The van der Waals surface area contributed by atoms with Gasteiger partial charge in [0.05, 0.1) is 46.5 Å². The lowest BCUT2D eigenvalue weighted by molar-refractivity contribution is 0.0985. The molecule has 1 aliphatic carbocycles. The van der Waals surface area contributed by atoms with Crippen LogP contribution in [0.4, 0.5) is 16.3 Å². The Hall–Kier alpha value is -3.40. The lowest BCUT2D eigenvalue weighted by Crippen LogP contribution is -2.44. The highest BCUT2D eigenvalue weighted by Crippen LogP contribution is 2.76. The Morgan fingerprint density at radius 2 is 1.98 bits per heavy atom. The highest BCUT2D eigenvalue weighted by Gasteiger charge is 2.58. The Kier molecular flexibility index (Phi) is 7.90. The second kappa shape index (κ2) is 11.2. The number of halogens is 1. The molecule has 1 aromatic heterocycles. The maximum absolute atomic E-state index is 11.9. The molecule has 5 rings (SSSR count). The minimum absolute atomic E-state index is 0.0662. The fourth-order valence-corrected chi connectivity index (χ4v) is 7.44. The van der Waals surface area contributed by atoms with Crippen LogP contribution in [0.5, 0.6) is 0 Å². The zero-order valence-corrected chi connectivity index (χ0v) is 23.8. The van der Waals surface area contributed by atoms with Crippen LogP contribution in [0.25, 0.3) is 11.4 Å². The fourth-order valence-electron chi connectivity index (χ4n) is 4.86. The van der Waals surface area contributed by atoms with Crippen LogP contribution in [-0.2, 0) is 9.48 Å². The van der Waals surface area contributed by atoms with Crippen molar-refractivity contribution in [2.75, 3.05) is 36.5 Å². The molecule has 4 N–H and O–H groups in total. The molecule has 1 saturated carbocycles. The third-order valence-corrected chi connectivity index (χ3v) is 10.3. The van der Waals surface area contributed by atoms with Crippen LogP contribution >= 0.6 is 22.2 Å². The van der Waals surface area contributed by atoms with E-state index in [1.165, 1.54) is 18.2 Å². The molecule has 0 spiro atoms. The van der Waals surface area contributed by atoms with Gasteiger partial charge in [0.1, 0.15) is 10.6 Å². The maximum atomic E-state index is 11.9. The topological polar surface area (TPSA) is 144 Å². The molecule has 40 heavy (non-hydrogen) atoms. The van der Waals surface area contributed by atoms with Gasteiger partial charge in [0.25, 0.3) is 0 Å². The molecule has 3 aromatic rings. The monoisotopic (exact) mass is 582 g/mol. The second-order valence-corrected chi connectivity index (χ2v) is 12.6. The van der Waals surface area contributed by atoms with Crippen LogP contribution in [-0.4, -0.2) is 57.4 Å². The minimum atomic E-state index is -3.45. The summed E-state index contributed by atoms with van der Waals surface area (Å²) >= 11 is 6.44. The summed E-state index contributed by atoms with van der Waals surface area (Å²) in [7, 11) is -3.45. The molecule has 2 fully saturated rings. The molecule has 1 aliphatic heterocycles. The molecular weight excluding hydrogens is 552 g/mol. The van der Waals surface area contributed by atoms with E-state index < -0.39 is 15.3 Å². The first-order valence-corrected chi connectivity index (χ1v) is 15.0. The van der Waals surface area contributed by atoms with Gasteiger partial charge in [-0.15, -0.1) is 0 Å². The van der Waals surface area contributed by atoms with Crippen LogP contribution < -0.4 is 15.5 Å². The largest absolute Gasteiger partial charge is 0.377 e. The number of rotatable bonds is 7. The lowest BCUT2D eigenvalue weighted by atomic mass is 10.1. The number of anilines is 2. The van der Waals surface area contributed by atoms with Gasteiger partial charge < -0.3 is 20.3 Å². The van der Waals surface area contributed by atoms with Crippen LogP contribution in [0.1, 0.15) is 37.9 Å². The summed E-state index contributed by atoms with van der Waals surface area (Å²) in [6.45, 7) is 6.16. The molecule has 2 amide bonds. The lowest BCUT2D eigenvalue weighted by Gasteiger charge is -2.42. The number of carbonyl (C=O) groups is 1. The van der Waals surface area contributed by atoms with Gasteiger partial charge in [-0.3, -0.25) is 9.11 Å². The van der Waals surface area contributed by atoms with Gasteiger partial charge in [-0.1, -0.05) is 11.6 Å². The Morgan fingerprint density at radius 1 is 1.23 bits per heavy atom. The number of nitriles is 1. The van der Waals surface area contributed by atoms with Crippen molar-refractivity contribution in [3.05, 3.63) is 64.8 Å². The maximum Gasteiger partial charge on any atom is 0.319 e. The van der Waals surface area contributed by atoms with Gasteiger partial charge in [0, 0.05) is 30.4 Å². The summed E-state index contributed by atoms with van der Waals surface area (Å²) in [5.41, 5.74) is 2.20. The van der Waals surface area contributed by atoms with Crippen LogP contribution in [0, 0.1) is 11.3 Å². The van der Waals surface area contributed by atoms with E-state index in [0.29, 0.717) is 73.3 Å². The van der Waals surface area contributed by atoms with Gasteiger partial charge in [-0.2, -0.15) is 15.9 Å². The van der Waals surface area contributed by atoms with Crippen molar-refractivity contribution in [2.24, 2.45) is 0 Å². The predicted octanol–water partition coefficient (Wildman–Crippen LogP) is 5.83. The Morgan fingerprint density at radius 3 is 2.60 bits per heavy atom. The first-order chi connectivity index (χ1) is 19.2. The third-order valence-electron chi connectivity index (χ3n) is 7.20. The Labute approximate surface area is 239 Å². The zero-order chi connectivity index (χ0) is 28.5. The molecule has 1 atom stereocenters. The number of benzene rings is 2. The first-order valence-electron chi connectivity index (χ1n) is 13.1. The van der Waals surface area contributed by atoms with E-state index in [4.69, 9.17) is 26.3 Å². The van der Waals surface area contributed by atoms with E-state index in [1.54, 1.807) is 12.1 Å². The number of nitrogens with one attached hydrogen (secondary N) is 2. The number of aromatic nitrogens is 2. The van der Waals surface area contributed by atoms with E-state index >= 15 is 0 Å². The van der Waals surface area contributed by atoms with Crippen molar-refractivity contribution in [1.29, 1.82) is 5.26 Å². The quantitative estimate of drug-likeness (QED) is 0.272. The highest BCUT2D eigenvalue weighted by molar-refractivity contribution is 8.25. The smallest absolute Gasteiger partial charge is 0.319 e. The Bertz CT molecular complexity index is 1460. The number of nitrogens with zero attached hydrogens (tertiary/aromatic N) is 4. The molecule has 0 bridgehead atoms. The fraction of sp³-hybridized carbons (Fsp3) is 0.357. The van der Waals surface area contributed by atoms with Crippen molar-refractivity contribution in [2.45, 2.75) is 42.4 Å². The summed E-state index contributed by atoms with van der Waals surface area (Å²) in [4.78, 5) is 24.0. The zero-order valence-electron chi connectivity index (χ0n) is 22.2. The van der Waals surface area contributed by atoms with Crippen LogP contribution in [0.3, 0.4) is 0 Å². The van der Waals surface area contributed by atoms with Gasteiger partial charge in [-0.05, 0) is 69.2 Å². The van der Waals surface area contributed by atoms with Gasteiger partial charge in [0.15, 0.2) is 5.82 Å². The average molecular weight is 583 g/mol. The standard InChI is InChI=1S/C28H31ClN6O4S/c1-3-31-27(36)32-21-7-5-20(6-8-21)26-33-24(15-25(34-26)35-12-13-39-17-18(35)2)28(10-11-28)40(37,38)23-9-4-19(16-30)14-22(23)29/h4-9,14-15,18,37-38H,3,10-13,17H2,1-2H3,(H2,31,32,36)/t18-/m0/s1. The van der Waals surface area contributed by atoms with E-state index in [2.05, 4.69) is 22.5 Å². The number of amides is 2. The normalized spacial score (nSPS) is 18.5. The summed E-state index contributed by atoms with van der Waals surface area (Å²) in [6.07, 6.45) is 1.02. The molecule has 2 heterocycles. The molecule has 0 radical (unpaired) electrons. The van der Waals surface area contributed by atoms with E-state index in [9.17, 15) is 19.2 Å². The van der Waals surface area contributed by atoms with E-state index in [-0.39, 0.29) is 22.0 Å². The highest BCUT2D eigenvalue weighted by atomic mass is 35.5. The number of hydrogen-bond acceptors (Lipinski definition) is 8. The van der Waals surface area contributed by atoms with E-state index in [0.717, 1.165) is 0 Å². The summed E-state index contributed by atoms with van der Waals surface area (Å²) in [6, 6.07) is 15.3. The molecular formula is C28H31ClN6O4S. The number of ether oxygens (including phenoxy) is 1. The number of hydrogen-bond donors (Lipinski definition) is 4. The van der Waals surface area contributed by atoms with Gasteiger partial charge >= 0.3 is 6.03 Å². The third kappa shape index (κ3) is 5.33. The Balaban J connectivity index is 1.57. The molecule has 10 nitrogen and oxygen atoms in total. The molecule has 12 heteroatoms. The predicted molar refractivity (Wildman–Crippen MR) is 156 cm³/mol. The van der Waals surface area contributed by atoms with Crippen molar-refractivity contribution in [3.8, 4) is 17.5 Å². The van der Waals surface area contributed by atoms with Crippen molar-refractivity contribution < 1.29 is 18.6 Å². The van der Waals surface area contributed by atoms with Crippen LogP contribution in [0.2, 0.25) is 5.02 Å². The SMILES string of the molecule is CCNC(=O)Nc1ccc(-c2nc(N3CCOC[C@@H]3C)cc(C3(S(O)(O)c4ccc(C#N)cc4Cl)CC3)n2)cc1. The molecule has 2 aromatic carbocycles. The molecule has 210 valence electrons. The number of carbonyl (C=O) groups excluding carboxylic acids is 1. The van der Waals surface area contributed by atoms with Crippen molar-refractivity contribution in [3.63, 3.8) is 0 Å². The molecule has 1 saturated heterocycles. The summed E-state index contributed by atoms with van der Waals surface area (Å²) in [5, 5.41) is 14.8. The van der Waals surface area contributed by atoms with E-state index in [1.807, 2.05) is 31.2 Å². The summed E-state index contributed by atoms with van der Waals surface area (Å²) < 4.78 is 28.0. The number of morpholine rings is 1. The first kappa shape index (κ1) is 28.1. The minimum Gasteiger partial charge on any atom is -0.377 e.